The average Bonchev–Trinajstić information content (AvgIpc) is 2.74. The van der Waals surface area contributed by atoms with E-state index >= 15 is 0 Å². The van der Waals surface area contributed by atoms with Gasteiger partial charge in [-0.2, -0.15) is 0 Å². The van der Waals surface area contributed by atoms with Crippen molar-refractivity contribution in [3.8, 4) is 0 Å². The van der Waals surface area contributed by atoms with E-state index in [2.05, 4.69) is 32.2 Å². The summed E-state index contributed by atoms with van der Waals surface area (Å²) < 4.78 is 4.84. The molecule has 0 N–H and O–H groups in total. The van der Waals surface area contributed by atoms with Gasteiger partial charge in [-0.25, -0.2) is 0 Å². The number of carbonyl (C=O) groups is 1. The van der Waals surface area contributed by atoms with Crippen molar-refractivity contribution in [2.24, 2.45) is 0 Å². The first-order valence-electron chi connectivity index (χ1n) is 4.31. The first-order valence-corrected chi connectivity index (χ1v) is 6.16. The molecule has 0 bridgehead atoms. The normalized spacial score (nSPS) is 10.2. The molecule has 2 rings (SSSR count). The topological polar surface area (TPSA) is 42.9 Å². The van der Waals surface area contributed by atoms with Crippen molar-refractivity contribution in [1.29, 1.82) is 0 Å². The van der Waals surface area contributed by atoms with Gasteiger partial charge in [0.15, 0.2) is 5.78 Å². The molecule has 5 heteroatoms. The lowest BCUT2D eigenvalue weighted by atomic mass is 10.1. The third-order valence-electron chi connectivity index (χ3n) is 1.91. The van der Waals surface area contributed by atoms with Gasteiger partial charge in [0.2, 0.25) is 0 Å². The maximum atomic E-state index is 11.7. The van der Waals surface area contributed by atoms with E-state index < -0.39 is 0 Å². The minimum atomic E-state index is 0.0752. The van der Waals surface area contributed by atoms with Crippen molar-refractivity contribution >= 4 is 39.9 Å². The fourth-order valence-corrected chi connectivity index (χ4v) is 1.97. The molecule has 0 fully saturated rings. The van der Waals surface area contributed by atoms with Crippen molar-refractivity contribution in [3.63, 3.8) is 0 Å². The molecule has 2 aromatic rings. The molecule has 0 saturated heterocycles. The van der Waals surface area contributed by atoms with Gasteiger partial charge in [-0.1, -0.05) is 16.6 Å². The molecule has 0 aliphatic rings. The van der Waals surface area contributed by atoms with Crippen LogP contribution in [-0.2, 0) is 6.42 Å². The molecular weight excluding hydrogens is 323 g/mol. The Bertz CT molecular complexity index is 453. The first-order chi connectivity index (χ1) is 7.25. The number of benzene rings is 1. The fraction of sp³-hybridized carbons (Fsp3) is 0.100. The van der Waals surface area contributed by atoms with Gasteiger partial charge in [0, 0.05) is 9.99 Å². The molecule has 0 aliphatic carbocycles. The number of aromatic nitrogens is 2. The molecule has 0 unspecified atom stereocenters. The van der Waals surface area contributed by atoms with Gasteiger partial charge >= 0.3 is 0 Å². The van der Waals surface area contributed by atoms with E-state index in [1.165, 1.54) is 9.77 Å². The van der Waals surface area contributed by atoms with Gasteiger partial charge in [0.1, 0.15) is 4.88 Å². The van der Waals surface area contributed by atoms with Crippen molar-refractivity contribution in [2.45, 2.75) is 6.42 Å². The monoisotopic (exact) mass is 330 g/mol. The molecule has 0 atom stereocenters. The van der Waals surface area contributed by atoms with Gasteiger partial charge in [0.25, 0.3) is 0 Å². The predicted molar refractivity (Wildman–Crippen MR) is 67.1 cm³/mol. The van der Waals surface area contributed by atoms with Crippen LogP contribution in [0.4, 0.5) is 0 Å². The maximum absolute atomic E-state index is 11.7. The summed E-state index contributed by atoms with van der Waals surface area (Å²) in [4.78, 5) is 12.3. The molecular formula is C10H7IN2OS. The number of hydrogen-bond donors (Lipinski definition) is 0. The second-order valence-electron chi connectivity index (χ2n) is 3.01. The van der Waals surface area contributed by atoms with Crippen LogP contribution in [0.5, 0.6) is 0 Å². The number of rotatable bonds is 3. The molecule has 76 valence electrons. The summed E-state index contributed by atoms with van der Waals surface area (Å²) in [5, 5.41) is 3.65. The van der Waals surface area contributed by atoms with Crippen LogP contribution in [0.25, 0.3) is 0 Å². The minimum absolute atomic E-state index is 0.0752. The highest BCUT2D eigenvalue weighted by Crippen LogP contribution is 2.11. The lowest BCUT2D eigenvalue weighted by Crippen LogP contribution is -2.00. The summed E-state index contributed by atoms with van der Waals surface area (Å²) in [5.41, 5.74) is 1.02. The Labute approximate surface area is 105 Å². The average molecular weight is 330 g/mol. The smallest absolute Gasteiger partial charge is 0.180 e. The second kappa shape index (κ2) is 4.80. The van der Waals surface area contributed by atoms with Gasteiger partial charge in [-0.15, -0.1) is 5.10 Å². The standard InChI is InChI=1S/C10H7IN2OS/c11-8-3-1-7(2-4-8)5-9(14)10-6-12-13-15-10/h1-4,6H,5H2. The van der Waals surface area contributed by atoms with Crippen LogP contribution in [0.2, 0.25) is 0 Å². The van der Waals surface area contributed by atoms with E-state index in [0.717, 1.165) is 17.1 Å². The molecule has 1 aromatic heterocycles. The van der Waals surface area contributed by atoms with Gasteiger partial charge in [-0.05, 0) is 51.8 Å². The van der Waals surface area contributed by atoms with Gasteiger partial charge in [0.05, 0.1) is 6.20 Å². The SMILES string of the molecule is O=C(Cc1ccc(I)cc1)c1cnns1. The zero-order valence-electron chi connectivity index (χ0n) is 7.68. The summed E-state index contributed by atoms with van der Waals surface area (Å²) >= 11 is 3.38. The third kappa shape index (κ3) is 2.82. The van der Waals surface area contributed by atoms with E-state index in [-0.39, 0.29) is 5.78 Å². The number of halogens is 1. The lowest BCUT2D eigenvalue weighted by Gasteiger charge is -1.98. The Kier molecular flexibility index (Phi) is 3.42. The molecule has 3 nitrogen and oxygen atoms in total. The highest BCUT2D eigenvalue weighted by molar-refractivity contribution is 14.1. The predicted octanol–water partition coefficient (Wildman–Crippen LogP) is 2.57. The van der Waals surface area contributed by atoms with Crippen molar-refractivity contribution in [2.75, 3.05) is 0 Å². The molecule has 1 aromatic carbocycles. The quantitative estimate of drug-likeness (QED) is 0.642. The van der Waals surface area contributed by atoms with E-state index in [0.29, 0.717) is 11.3 Å². The summed E-state index contributed by atoms with van der Waals surface area (Å²) in [6, 6.07) is 7.92. The van der Waals surface area contributed by atoms with Gasteiger partial charge < -0.3 is 0 Å². The van der Waals surface area contributed by atoms with E-state index in [1.807, 2.05) is 24.3 Å². The summed E-state index contributed by atoms with van der Waals surface area (Å²) in [6.07, 6.45) is 1.93. The van der Waals surface area contributed by atoms with Crippen LogP contribution in [-0.4, -0.2) is 15.4 Å². The molecule has 0 spiro atoms. The number of hydrogen-bond acceptors (Lipinski definition) is 4. The number of ketones is 1. The highest BCUT2D eigenvalue weighted by atomic mass is 127. The largest absolute Gasteiger partial charge is 0.293 e. The number of Topliss-reactive ketones (excluding diaryl/α,β-unsaturated/α-hetero) is 1. The van der Waals surface area contributed by atoms with Crippen LogP contribution < -0.4 is 0 Å². The fourth-order valence-electron chi connectivity index (χ4n) is 1.16. The third-order valence-corrected chi connectivity index (χ3v) is 3.34. The van der Waals surface area contributed by atoms with E-state index in [9.17, 15) is 4.79 Å². The van der Waals surface area contributed by atoms with E-state index in [1.54, 1.807) is 0 Å². The Morgan fingerprint density at radius 2 is 2.07 bits per heavy atom. The second-order valence-corrected chi connectivity index (χ2v) is 5.04. The Morgan fingerprint density at radius 1 is 1.33 bits per heavy atom. The molecule has 0 amide bonds. The van der Waals surface area contributed by atoms with Crippen LogP contribution >= 0.6 is 34.1 Å². The number of carbonyl (C=O) groups excluding carboxylic acids is 1. The minimum Gasteiger partial charge on any atom is -0.293 e. The molecule has 0 saturated carbocycles. The van der Waals surface area contributed by atoms with Crippen molar-refractivity contribution in [1.82, 2.24) is 9.59 Å². The Balaban J connectivity index is 2.09. The van der Waals surface area contributed by atoms with E-state index in [4.69, 9.17) is 0 Å². The number of nitrogens with zero attached hydrogens (tertiary/aromatic N) is 2. The highest BCUT2D eigenvalue weighted by Gasteiger charge is 2.09. The lowest BCUT2D eigenvalue weighted by molar-refractivity contribution is 0.0996. The molecule has 0 aliphatic heterocycles. The zero-order chi connectivity index (χ0) is 10.7. The van der Waals surface area contributed by atoms with Gasteiger partial charge in [-0.3, -0.25) is 4.79 Å². The van der Waals surface area contributed by atoms with Crippen LogP contribution in [0, 0.1) is 3.57 Å². The molecule has 15 heavy (non-hydrogen) atoms. The van der Waals surface area contributed by atoms with Crippen LogP contribution in [0.3, 0.4) is 0 Å². The van der Waals surface area contributed by atoms with Crippen LogP contribution in [0.1, 0.15) is 15.2 Å². The zero-order valence-corrected chi connectivity index (χ0v) is 10.7. The first kappa shape index (κ1) is 10.7. The van der Waals surface area contributed by atoms with Crippen molar-refractivity contribution < 1.29 is 4.79 Å². The Morgan fingerprint density at radius 3 is 2.67 bits per heavy atom. The summed E-state index contributed by atoms with van der Waals surface area (Å²) in [6.45, 7) is 0. The molecule has 1 heterocycles. The summed E-state index contributed by atoms with van der Waals surface area (Å²) in [5.74, 6) is 0.0752. The molecule has 0 radical (unpaired) electrons. The van der Waals surface area contributed by atoms with Crippen molar-refractivity contribution in [3.05, 3.63) is 44.5 Å². The Hall–Kier alpha value is -0.820. The van der Waals surface area contributed by atoms with Crippen LogP contribution in [0.15, 0.2) is 30.5 Å². The summed E-state index contributed by atoms with van der Waals surface area (Å²) in [7, 11) is 0. The maximum Gasteiger partial charge on any atom is 0.180 e.